The van der Waals surface area contributed by atoms with Gasteiger partial charge in [0, 0.05) is 0 Å². The summed E-state index contributed by atoms with van der Waals surface area (Å²) in [6.07, 6.45) is 27.0. The van der Waals surface area contributed by atoms with E-state index in [4.69, 9.17) is 9.47 Å². The number of allylic oxidation sites excluding steroid dienone is 4. The van der Waals surface area contributed by atoms with Gasteiger partial charge >= 0.3 is 0 Å². The summed E-state index contributed by atoms with van der Waals surface area (Å²) in [6.45, 7) is 3.34. The predicted octanol–water partition coefficient (Wildman–Crippen LogP) is 7.06. The summed E-state index contributed by atoms with van der Waals surface area (Å²) >= 11 is 0. The molecule has 0 radical (unpaired) electrons. The van der Waals surface area contributed by atoms with Crippen molar-refractivity contribution in [3.8, 4) is 0 Å². The molecule has 1 fully saturated rings. The Morgan fingerprint density at radius 1 is 0.607 bits per heavy atom. The molecular formula is C45H85NO10. The minimum atomic E-state index is -1.67. The standard InChI is InChI=1S/C45H85NO10/c1-3-5-7-9-11-13-14-15-16-17-18-19-20-21-22-23-24-25-27-28-30-32-37(48)40(50)36(35-55-45-43(53)42(52)41(51)39(34-47)56-45)46-44(54)38(49)33-31-29-26-12-10-8-6-4-2/h25-27,29,36-43,45,47-53H,3-24,28,30-35H2,1-2H3,(H,46,54)/b27-25+,29-26-. The van der Waals surface area contributed by atoms with Crippen molar-refractivity contribution < 1.29 is 50.0 Å². The van der Waals surface area contributed by atoms with Gasteiger partial charge in [-0.25, -0.2) is 0 Å². The van der Waals surface area contributed by atoms with Crippen LogP contribution in [0, 0.1) is 0 Å². The van der Waals surface area contributed by atoms with Crippen LogP contribution >= 0.6 is 0 Å². The van der Waals surface area contributed by atoms with Crippen molar-refractivity contribution in [3.05, 3.63) is 24.3 Å². The molecule has 0 aromatic carbocycles. The highest BCUT2D eigenvalue weighted by Crippen LogP contribution is 2.23. The van der Waals surface area contributed by atoms with Crippen LogP contribution in [0.25, 0.3) is 0 Å². The van der Waals surface area contributed by atoms with Crippen LogP contribution in [0.4, 0.5) is 0 Å². The van der Waals surface area contributed by atoms with E-state index in [2.05, 4.69) is 31.3 Å². The largest absolute Gasteiger partial charge is 0.394 e. The number of rotatable bonds is 37. The number of carbonyl (C=O) groups excluding carboxylic acids is 1. The number of amides is 1. The molecule has 11 nitrogen and oxygen atoms in total. The highest BCUT2D eigenvalue weighted by molar-refractivity contribution is 5.80. The second-order valence-electron chi connectivity index (χ2n) is 16.1. The van der Waals surface area contributed by atoms with E-state index < -0.39 is 74.2 Å². The molecule has 1 aliphatic rings. The number of carbonyl (C=O) groups is 1. The SMILES string of the molecule is CCCCCC/C=C\CCC(O)C(=O)NC(COC1OC(CO)C(O)C(O)C1O)C(O)C(O)CCC/C=C/CCCCCCCCCCCCCCCCCC. The molecule has 8 N–H and O–H groups in total. The number of nitrogens with one attached hydrogen (secondary N) is 1. The van der Waals surface area contributed by atoms with E-state index in [1.165, 1.54) is 116 Å². The zero-order chi connectivity index (χ0) is 41.2. The van der Waals surface area contributed by atoms with Gasteiger partial charge in [0.15, 0.2) is 6.29 Å². The Kier molecular flexibility index (Phi) is 33.4. The molecule has 0 bridgehead atoms. The molecule has 1 heterocycles. The highest BCUT2D eigenvalue weighted by atomic mass is 16.7. The maximum absolute atomic E-state index is 13.0. The van der Waals surface area contributed by atoms with Crippen LogP contribution in [0.1, 0.15) is 187 Å². The summed E-state index contributed by atoms with van der Waals surface area (Å²) in [7, 11) is 0. The van der Waals surface area contributed by atoms with Gasteiger partial charge in [0.25, 0.3) is 0 Å². The minimum Gasteiger partial charge on any atom is -0.394 e. The van der Waals surface area contributed by atoms with Crippen molar-refractivity contribution in [1.82, 2.24) is 5.32 Å². The second-order valence-corrected chi connectivity index (χ2v) is 16.1. The monoisotopic (exact) mass is 800 g/mol. The van der Waals surface area contributed by atoms with Gasteiger partial charge < -0.3 is 50.5 Å². The molecule has 1 aliphatic heterocycles. The zero-order valence-electron chi connectivity index (χ0n) is 35.4. The maximum atomic E-state index is 13.0. The quantitative estimate of drug-likeness (QED) is 0.0239. The van der Waals surface area contributed by atoms with Crippen LogP contribution in [-0.4, -0.2) is 110 Å². The summed E-state index contributed by atoms with van der Waals surface area (Å²) < 4.78 is 11.0. The highest BCUT2D eigenvalue weighted by Gasteiger charge is 2.44. The van der Waals surface area contributed by atoms with Crippen molar-refractivity contribution in [2.75, 3.05) is 13.2 Å². The Labute approximate surface area is 340 Å². The van der Waals surface area contributed by atoms with E-state index in [1.807, 2.05) is 12.2 Å². The molecule has 0 aliphatic carbocycles. The van der Waals surface area contributed by atoms with Gasteiger partial charge in [-0.05, 0) is 57.8 Å². The number of aliphatic hydroxyl groups is 7. The van der Waals surface area contributed by atoms with Gasteiger partial charge in [-0.2, -0.15) is 0 Å². The Morgan fingerprint density at radius 2 is 1.05 bits per heavy atom. The Bertz CT molecular complexity index is 965. The Morgan fingerprint density at radius 3 is 1.55 bits per heavy atom. The van der Waals surface area contributed by atoms with Crippen molar-refractivity contribution in [3.63, 3.8) is 0 Å². The summed E-state index contributed by atoms with van der Waals surface area (Å²) in [5.41, 5.74) is 0. The first-order valence-electron chi connectivity index (χ1n) is 22.7. The average molecular weight is 800 g/mol. The fraction of sp³-hybridized carbons (Fsp3) is 0.889. The van der Waals surface area contributed by atoms with E-state index in [-0.39, 0.29) is 12.8 Å². The van der Waals surface area contributed by atoms with Crippen LogP contribution in [0.3, 0.4) is 0 Å². The van der Waals surface area contributed by atoms with Crippen molar-refractivity contribution in [1.29, 1.82) is 0 Å². The zero-order valence-corrected chi connectivity index (χ0v) is 35.4. The number of hydrogen-bond acceptors (Lipinski definition) is 10. The van der Waals surface area contributed by atoms with Gasteiger partial charge in [0.1, 0.15) is 36.6 Å². The van der Waals surface area contributed by atoms with Gasteiger partial charge in [0.2, 0.25) is 5.91 Å². The normalized spacial score (nSPS) is 22.5. The van der Waals surface area contributed by atoms with E-state index >= 15 is 0 Å². The van der Waals surface area contributed by atoms with Gasteiger partial charge in [-0.1, -0.05) is 154 Å². The van der Waals surface area contributed by atoms with Crippen LogP contribution < -0.4 is 5.32 Å². The summed E-state index contributed by atoms with van der Waals surface area (Å²) in [5.74, 6) is -0.744. The molecule has 1 saturated heterocycles. The third-order valence-corrected chi connectivity index (χ3v) is 11.0. The number of unbranched alkanes of at least 4 members (excludes halogenated alkanes) is 21. The molecule has 0 aromatic rings. The molecule has 56 heavy (non-hydrogen) atoms. The first-order valence-corrected chi connectivity index (χ1v) is 22.7. The van der Waals surface area contributed by atoms with E-state index in [1.54, 1.807) is 0 Å². The number of ether oxygens (including phenoxy) is 2. The first-order chi connectivity index (χ1) is 27.2. The van der Waals surface area contributed by atoms with E-state index in [0.717, 1.165) is 32.1 Å². The minimum absolute atomic E-state index is 0.169. The lowest BCUT2D eigenvalue weighted by Crippen LogP contribution is -2.60. The van der Waals surface area contributed by atoms with Gasteiger partial charge in [0.05, 0.1) is 25.4 Å². The molecule has 0 aromatic heterocycles. The summed E-state index contributed by atoms with van der Waals surface area (Å²) in [5, 5.41) is 75.3. The molecule has 11 heteroatoms. The van der Waals surface area contributed by atoms with Gasteiger partial charge in [-0.15, -0.1) is 0 Å². The molecule has 9 unspecified atom stereocenters. The predicted molar refractivity (Wildman–Crippen MR) is 224 cm³/mol. The Balaban J connectivity index is 2.42. The topological polar surface area (TPSA) is 189 Å². The lowest BCUT2D eigenvalue weighted by molar-refractivity contribution is -0.303. The molecule has 1 amide bonds. The van der Waals surface area contributed by atoms with Crippen LogP contribution in [0.2, 0.25) is 0 Å². The van der Waals surface area contributed by atoms with Crippen molar-refractivity contribution in [2.45, 2.75) is 242 Å². The van der Waals surface area contributed by atoms with Crippen LogP contribution in [0.5, 0.6) is 0 Å². The van der Waals surface area contributed by atoms with Crippen molar-refractivity contribution in [2.24, 2.45) is 0 Å². The number of hydrogen-bond donors (Lipinski definition) is 8. The molecular weight excluding hydrogens is 714 g/mol. The first kappa shape index (κ1) is 52.6. The second kappa shape index (κ2) is 35.5. The lowest BCUT2D eigenvalue weighted by atomic mass is 9.99. The fourth-order valence-corrected chi connectivity index (χ4v) is 7.15. The summed E-state index contributed by atoms with van der Waals surface area (Å²) in [6, 6.07) is -1.20. The molecule has 0 saturated carbocycles. The smallest absolute Gasteiger partial charge is 0.249 e. The third kappa shape index (κ3) is 25.2. The molecule has 330 valence electrons. The maximum Gasteiger partial charge on any atom is 0.249 e. The molecule has 0 spiro atoms. The lowest BCUT2D eigenvalue weighted by Gasteiger charge is -2.40. The fourth-order valence-electron chi connectivity index (χ4n) is 7.15. The molecule has 1 rings (SSSR count). The van der Waals surface area contributed by atoms with Crippen LogP contribution in [0.15, 0.2) is 24.3 Å². The Hall–Kier alpha value is -1.41. The molecule has 9 atom stereocenters. The van der Waals surface area contributed by atoms with Crippen molar-refractivity contribution >= 4 is 5.91 Å². The third-order valence-electron chi connectivity index (χ3n) is 11.0. The average Bonchev–Trinajstić information content (AvgIpc) is 3.20. The van der Waals surface area contributed by atoms with E-state index in [0.29, 0.717) is 12.8 Å². The summed E-state index contributed by atoms with van der Waals surface area (Å²) in [4.78, 5) is 13.0. The number of aliphatic hydroxyl groups excluding tert-OH is 7. The van der Waals surface area contributed by atoms with Crippen LogP contribution in [-0.2, 0) is 14.3 Å². The van der Waals surface area contributed by atoms with E-state index in [9.17, 15) is 40.5 Å². The van der Waals surface area contributed by atoms with Gasteiger partial charge in [-0.3, -0.25) is 4.79 Å².